The van der Waals surface area contributed by atoms with E-state index < -0.39 is 0 Å². The molecule has 0 aliphatic rings. The summed E-state index contributed by atoms with van der Waals surface area (Å²) < 4.78 is 10.7. The molecular weight excluding hydrogens is 204 g/mol. The van der Waals surface area contributed by atoms with Crippen LogP contribution in [0.1, 0.15) is 0 Å². The van der Waals surface area contributed by atoms with Gasteiger partial charge in [-0.1, -0.05) is 23.7 Å². The molecule has 0 aromatic heterocycles. The molecule has 0 saturated heterocycles. The standard InChI is InChI=1S/C10H5ClOS/c11-8-5-4-7-2-1-3-10(13-12)9(7)6-8/h1-2,4-6H/q+1. The number of hydrogen-bond acceptors (Lipinski definition) is 1. The molecule has 0 aliphatic carbocycles. The van der Waals surface area contributed by atoms with Crippen LogP contribution < -0.4 is 0 Å². The van der Waals surface area contributed by atoms with Gasteiger partial charge in [0.2, 0.25) is 0 Å². The van der Waals surface area contributed by atoms with E-state index >= 15 is 0 Å². The zero-order valence-electron chi connectivity index (χ0n) is 6.58. The summed E-state index contributed by atoms with van der Waals surface area (Å²) in [6.45, 7) is 0. The third kappa shape index (κ3) is 1.55. The fourth-order valence-corrected chi connectivity index (χ4v) is 1.78. The highest BCUT2D eigenvalue weighted by molar-refractivity contribution is 7.65. The van der Waals surface area contributed by atoms with Gasteiger partial charge in [0.1, 0.15) is 0 Å². The van der Waals surface area contributed by atoms with Gasteiger partial charge in [0.15, 0.2) is 0 Å². The fourth-order valence-electron chi connectivity index (χ4n) is 1.22. The Hall–Kier alpha value is -0.990. The van der Waals surface area contributed by atoms with Crippen molar-refractivity contribution >= 4 is 34.0 Å². The molecule has 0 fully saturated rings. The molecule has 0 N–H and O–H groups in total. The molecule has 0 aliphatic heterocycles. The molecule has 2 rings (SSSR count). The van der Waals surface area contributed by atoms with E-state index in [1.807, 2.05) is 18.2 Å². The van der Waals surface area contributed by atoms with Crippen molar-refractivity contribution < 1.29 is 4.21 Å². The van der Waals surface area contributed by atoms with Gasteiger partial charge in [0, 0.05) is 9.23 Å². The Morgan fingerprint density at radius 3 is 2.92 bits per heavy atom. The monoisotopic (exact) mass is 208 g/mol. The lowest BCUT2D eigenvalue weighted by Gasteiger charge is -1.94. The highest BCUT2D eigenvalue weighted by Crippen LogP contribution is 2.22. The Morgan fingerprint density at radius 1 is 1.31 bits per heavy atom. The Kier molecular flexibility index (Phi) is 2.25. The van der Waals surface area contributed by atoms with E-state index in [9.17, 15) is 4.21 Å². The van der Waals surface area contributed by atoms with Crippen molar-refractivity contribution in [3.8, 4) is 0 Å². The lowest BCUT2D eigenvalue weighted by atomic mass is 10.1. The number of rotatable bonds is 1. The second kappa shape index (κ2) is 3.40. The summed E-state index contributed by atoms with van der Waals surface area (Å²) in [7, 11) is 0. The Bertz CT molecular complexity index is 467. The highest BCUT2D eigenvalue weighted by atomic mass is 35.5. The molecular formula is C10H5ClOS+. The molecule has 0 saturated carbocycles. The average Bonchev–Trinajstić information content (AvgIpc) is 2.17. The maximum absolute atomic E-state index is 10.7. The minimum atomic E-state index is 0.443. The Balaban J connectivity index is 2.86. The van der Waals surface area contributed by atoms with Gasteiger partial charge < -0.3 is 0 Å². The molecule has 0 heterocycles. The number of benzene rings is 2. The van der Waals surface area contributed by atoms with Gasteiger partial charge in [-0.15, -0.1) is 0 Å². The minimum Gasteiger partial charge on any atom is -0.0843 e. The van der Waals surface area contributed by atoms with Crippen LogP contribution in [0.5, 0.6) is 0 Å². The SMILES string of the molecule is O=[S+]c1[c]ccc2ccc(Cl)cc12. The maximum Gasteiger partial charge on any atom is 0.506 e. The molecule has 3 heteroatoms. The Morgan fingerprint density at radius 2 is 2.15 bits per heavy atom. The molecule has 2 aromatic rings. The molecule has 13 heavy (non-hydrogen) atoms. The minimum absolute atomic E-state index is 0.443. The quantitative estimate of drug-likeness (QED) is 0.659. The summed E-state index contributed by atoms with van der Waals surface area (Å²) in [5.74, 6) is 0. The zero-order chi connectivity index (χ0) is 9.26. The van der Waals surface area contributed by atoms with Crippen molar-refractivity contribution in [2.45, 2.75) is 4.90 Å². The van der Waals surface area contributed by atoms with E-state index in [2.05, 4.69) is 6.07 Å². The predicted molar refractivity (Wildman–Crippen MR) is 54.1 cm³/mol. The van der Waals surface area contributed by atoms with E-state index in [1.54, 1.807) is 12.1 Å². The van der Waals surface area contributed by atoms with Crippen LogP contribution in [0.2, 0.25) is 5.02 Å². The van der Waals surface area contributed by atoms with Gasteiger partial charge in [-0.05, 0) is 23.6 Å². The second-order valence-corrected chi connectivity index (χ2v) is 3.63. The van der Waals surface area contributed by atoms with Crippen LogP contribution in [0.15, 0.2) is 35.2 Å². The molecule has 0 spiro atoms. The predicted octanol–water partition coefficient (Wildman–Crippen LogP) is 3.08. The first kappa shape index (κ1) is 8.60. The van der Waals surface area contributed by atoms with Gasteiger partial charge in [0.05, 0.1) is 11.5 Å². The first-order valence-corrected chi connectivity index (χ1v) is 4.83. The molecule has 63 valence electrons. The Labute approximate surface area is 84.8 Å². The van der Waals surface area contributed by atoms with Crippen molar-refractivity contribution in [2.24, 2.45) is 0 Å². The van der Waals surface area contributed by atoms with Crippen LogP contribution in [-0.4, -0.2) is 0 Å². The lowest BCUT2D eigenvalue weighted by Crippen LogP contribution is -1.79. The summed E-state index contributed by atoms with van der Waals surface area (Å²) in [4.78, 5) is 0.597. The van der Waals surface area contributed by atoms with Gasteiger partial charge >= 0.3 is 16.6 Å². The molecule has 1 radical (unpaired) electrons. The maximum atomic E-state index is 10.7. The van der Waals surface area contributed by atoms with E-state index in [-0.39, 0.29) is 0 Å². The van der Waals surface area contributed by atoms with Gasteiger partial charge in [-0.3, -0.25) is 0 Å². The number of fused-ring (bicyclic) bond motifs is 1. The van der Waals surface area contributed by atoms with Crippen molar-refractivity contribution in [3.05, 3.63) is 41.4 Å². The molecule has 2 aromatic carbocycles. The van der Waals surface area contributed by atoms with Gasteiger partial charge in [-0.2, -0.15) is 0 Å². The van der Waals surface area contributed by atoms with E-state index in [4.69, 9.17) is 11.6 Å². The summed E-state index contributed by atoms with van der Waals surface area (Å²) in [5.41, 5.74) is 0. The second-order valence-electron chi connectivity index (χ2n) is 2.62. The van der Waals surface area contributed by atoms with Crippen LogP contribution in [0, 0.1) is 6.07 Å². The van der Waals surface area contributed by atoms with Crippen LogP contribution in [0.3, 0.4) is 0 Å². The third-order valence-corrected chi connectivity index (χ3v) is 2.56. The van der Waals surface area contributed by atoms with Gasteiger partial charge in [0.25, 0.3) is 0 Å². The van der Waals surface area contributed by atoms with Crippen LogP contribution in [-0.2, 0) is 15.9 Å². The van der Waals surface area contributed by atoms with Crippen LogP contribution >= 0.6 is 11.6 Å². The van der Waals surface area contributed by atoms with Crippen molar-refractivity contribution in [1.29, 1.82) is 0 Å². The fraction of sp³-hybridized carbons (Fsp3) is 0. The normalized spacial score (nSPS) is 10.2. The summed E-state index contributed by atoms with van der Waals surface area (Å²) >= 11 is 6.27. The van der Waals surface area contributed by atoms with Crippen molar-refractivity contribution in [2.75, 3.05) is 0 Å². The smallest absolute Gasteiger partial charge is 0.0843 e. The summed E-state index contributed by atoms with van der Waals surface area (Å²) in [5, 5.41) is 2.53. The first-order chi connectivity index (χ1) is 6.31. The largest absolute Gasteiger partial charge is 0.506 e. The molecule has 1 nitrogen and oxygen atoms in total. The molecule has 0 bridgehead atoms. The van der Waals surface area contributed by atoms with Crippen LogP contribution in [0.4, 0.5) is 0 Å². The first-order valence-electron chi connectivity index (χ1n) is 3.71. The van der Waals surface area contributed by atoms with Crippen molar-refractivity contribution in [3.63, 3.8) is 0 Å². The third-order valence-electron chi connectivity index (χ3n) is 1.82. The zero-order valence-corrected chi connectivity index (χ0v) is 8.15. The average molecular weight is 209 g/mol. The molecule has 0 atom stereocenters. The van der Waals surface area contributed by atoms with E-state index in [0.717, 1.165) is 10.8 Å². The van der Waals surface area contributed by atoms with Crippen LogP contribution in [0.25, 0.3) is 10.8 Å². The molecule has 0 amide bonds. The number of halogens is 1. The van der Waals surface area contributed by atoms with Gasteiger partial charge in [-0.25, -0.2) is 0 Å². The number of hydrogen-bond donors (Lipinski definition) is 0. The summed E-state index contributed by atoms with van der Waals surface area (Å²) in [6, 6.07) is 12.0. The lowest BCUT2D eigenvalue weighted by molar-refractivity contribution is 0.605. The van der Waals surface area contributed by atoms with E-state index in [1.165, 1.54) is 0 Å². The van der Waals surface area contributed by atoms with Crippen molar-refractivity contribution in [1.82, 2.24) is 0 Å². The topological polar surface area (TPSA) is 17.1 Å². The highest BCUT2D eigenvalue weighted by Gasteiger charge is 2.11. The molecule has 0 unspecified atom stereocenters. The summed E-state index contributed by atoms with van der Waals surface area (Å²) in [6.07, 6.45) is 0. The van der Waals surface area contributed by atoms with E-state index in [0.29, 0.717) is 21.6 Å².